The molecule has 0 saturated heterocycles. The van der Waals surface area contributed by atoms with Crippen LogP contribution in [0, 0.1) is 6.92 Å². The number of aromatic nitrogens is 2. The largest absolute Gasteiger partial charge is 0.497 e. The van der Waals surface area contributed by atoms with Crippen LogP contribution in [0.5, 0.6) is 5.75 Å². The molecule has 26 heavy (non-hydrogen) atoms. The number of nitrogens with zero attached hydrogens (tertiary/aromatic N) is 2. The summed E-state index contributed by atoms with van der Waals surface area (Å²) in [4.78, 5) is 9.40. The SMILES string of the molecule is COc1ccc(-c2nc(-c3csc(Nc4ccc(C)cc4)n3)cs2)cc1. The van der Waals surface area contributed by atoms with Gasteiger partial charge in [-0.15, -0.1) is 22.7 Å². The van der Waals surface area contributed by atoms with E-state index < -0.39 is 0 Å². The Bertz CT molecular complexity index is 1000. The van der Waals surface area contributed by atoms with Crippen molar-refractivity contribution in [1.29, 1.82) is 0 Å². The van der Waals surface area contributed by atoms with Gasteiger partial charge in [0.25, 0.3) is 0 Å². The predicted octanol–water partition coefficient (Wildman–Crippen LogP) is 5.99. The molecule has 0 aliphatic rings. The van der Waals surface area contributed by atoms with Gasteiger partial charge in [-0.3, -0.25) is 0 Å². The summed E-state index contributed by atoms with van der Waals surface area (Å²) >= 11 is 3.20. The van der Waals surface area contributed by atoms with E-state index in [1.54, 1.807) is 29.8 Å². The van der Waals surface area contributed by atoms with Gasteiger partial charge >= 0.3 is 0 Å². The van der Waals surface area contributed by atoms with Crippen molar-refractivity contribution < 1.29 is 4.74 Å². The average Bonchev–Trinajstić information content (AvgIpc) is 3.33. The quantitative estimate of drug-likeness (QED) is 0.462. The molecule has 0 atom stereocenters. The molecule has 0 aliphatic carbocycles. The summed E-state index contributed by atoms with van der Waals surface area (Å²) in [6, 6.07) is 16.2. The number of hydrogen-bond acceptors (Lipinski definition) is 6. The number of methoxy groups -OCH3 is 1. The highest BCUT2D eigenvalue weighted by Gasteiger charge is 2.10. The Balaban J connectivity index is 1.52. The summed E-state index contributed by atoms with van der Waals surface area (Å²) in [5.74, 6) is 0.844. The fraction of sp³-hybridized carbons (Fsp3) is 0.100. The van der Waals surface area contributed by atoms with E-state index in [1.165, 1.54) is 5.56 Å². The minimum absolute atomic E-state index is 0.844. The topological polar surface area (TPSA) is 47.0 Å². The average molecular weight is 380 g/mol. The maximum atomic E-state index is 5.21. The van der Waals surface area contributed by atoms with E-state index in [0.717, 1.165) is 38.5 Å². The predicted molar refractivity (Wildman–Crippen MR) is 110 cm³/mol. The van der Waals surface area contributed by atoms with Crippen LogP contribution in [0.2, 0.25) is 0 Å². The van der Waals surface area contributed by atoms with Gasteiger partial charge in [0.1, 0.15) is 22.1 Å². The van der Waals surface area contributed by atoms with Gasteiger partial charge in [-0.1, -0.05) is 17.7 Å². The van der Waals surface area contributed by atoms with Gasteiger partial charge in [-0.05, 0) is 43.3 Å². The first kappa shape index (κ1) is 16.8. The summed E-state index contributed by atoms with van der Waals surface area (Å²) in [5, 5.41) is 9.26. The van der Waals surface area contributed by atoms with Gasteiger partial charge in [0.15, 0.2) is 5.13 Å². The molecule has 2 heterocycles. The first-order valence-electron chi connectivity index (χ1n) is 8.11. The normalized spacial score (nSPS) is 10.7. The number of anilines is 2. The third-order valence-corrected chi connectivity index (χ3v) is 5.56. The van der Waals surface area contributed by atoms with E-state index in [4.69, 9.17) is 9.72 Å². The second-order valence-electron chi connectivity index (χ2n) is 5.80. The lowest BCUT2D eigenvalue weighted by Gasteiger charge is -2.02. The van der Waals surface area contributed by atoms with Crippen LogP contribution < -0.4 is 10.1 Å². The second-order valence-corrected chi connectivity index (χ2v) is 7.51. The first-order valence-corrected chi connectivity index (χ1v) is 9.87. The lowest BCUT2D eigenvalue weighted by Crippen LogP contribution is -1.89. The monoisotopic (exact) mass is 379 g/mol. The standard InChI is InChI=1S/C20H17N3OS2/c1-13-3-7-15(8-4-13)21-20-23-18(12-26-20)17-11-25-19(22-17)14-5-9-16(24-2)10-6-14/h3-12H,1-2H3,(H,21,23). The number of thiazole rings is 2. The summed E-state index contributed by atoms with van der Waals surface area (Å²) in [7, 11) is 1.67. The zero-order valence-electron chi connectivity index (χ0n) is 14.4. The van der Waals surface area contributed by atoms with Crippen molar-refractivity contribution in [2.45, 2.75) is 6.92 Å². The summed E-state index contributed by atoms with van der Waals surface area (Å²) in [5.41, 5.74) is 5.14. The minimum atomic E-state index is 0.844. The van der Waals surface area contributed by atoms with Gasteiger partial charge in [-0.2, -0.15) is 0 Å². The van der Waals surface area contributed by atoms with Crippen LogP contribution in [-0.2, 0) is 0 Å². The zero-order valence-corrected chi connectivity index (χ0v) is 16.0. The molecule has 0 saturated carbocycles. The van der Waals surface area contributed by atoms with Crippen LogP contribution in [0.4, 0.5) is 10.8 Å². The molecule has 4 nitrogen and oxygen atoms in total. The Hall–Kier alpha value is -2.70. The van der Waals surface area contributed by atoms with E-state index in [9.17, 15) is 0 Å². The fourth-order valence-corrected chi connectivity index (χ4v) is 4.01. The molecule has 0 fully saturated rings. The molecule has 2 aromatic carbocycles. The van der Waals surface area contributed by atoms with Crippen LogP contribution in [0.25, 0.3) is 22.0 Å². The van der Waals surface area contributed by atoms with E-state index in [0.29, 0.717) is 0 Å². The van der Waals surface area contributed by atoms with Crippen LogP contribution >= 0.6 is 22.7 Å². The molecule has 0 spiro atoms. The molecule has 0 amide bonds. The summed E-state index contributed by atoms with van der Waals surface area (Å²) < 4.78 is 5.21. The maximum absolute atomic E-state index is 5.21. The van der Waals surface area contributed by atoms with Crippen molar-refractivity contribution >= 4 is 33.5 Å². The van der Waals surface area contributed by atoms with Gasteiger partial charge in [-0.25, -0.2) is 9.97 Å². The number of hydrogen-bond donors (Lipinski definition) is 1. The van der Waals surface area contributed by atoms with Crippen LogP contribution in [0.3, 0.4) is 0 Å². The molecule has 6 heteroatoms. The summed E-state index contributed by atoms with van der Waals surface area (Å²) in [6.45, 7) is 2.08. The highest BCUT2D eigenvalue weighted by atomic mass is 32.1. The minimum Gasteiger partial charge on any atom is -0.497 e. The second kappa shape index (κ2) is 7.27. The number of rotatable bonds is 5. The number of aryl methyl sites for hydroxylation is 1. The Kier molecular flexibility index (Phi) is 4.69. The van der Waals surface area contributed by atoms with Gasteiger partial charge in [0.2, 0.25) is 0 Å². The maximum Gasteiger partial charge on any atom is 0.187 e. The Morgan fingerprint density at radius 3 is 2.27 bits per heavy atom. The van der Waals surface area contributed by atoms with Crippen molar-refractivity contribution in [3.63, 3.8) is 0 Å². The van der Waals surface area contributed by atoms with Crippen molar-refractivity contribution in [2.75, 3.05) is 12.4 Å². The van der Waals surface area contributed by atoms with Crippen LogP contribution in [-0.4, -0.2) is 17.1 Å². The third kappa shape index (κ3) is 3.61. The van der Waals surface area contributed by atoms with Crippen molar-refractivity contribution in [2.24, 2.45) is 0 Å². The molecule has 4 rings (SSSR count). The molecule has 4 aromatic rings. The fourth-order valence-electron chi connectivity index (χ4n) is 2.47. The smallest absolute Gasteiger partial charge is 0.187 e. The van der Waals surface area contributed by atoms with Crippen molar-refractivity contribution in [1.82, 2.24) is 9.97 Å². The highest BCUT2D eigenvalue weighted by molar-refractivity contribution is 7.14. The third-order valence-electron chi connectivity index (χ3n) is 3.91. The molecule has 130 valence electrons. The van der Waals surface area contributed by atoms with Crippen LogP contribution in [0.15, 0.2) is 59.3 Å². The van der Waals surface area contributed by atoms with E-state index in [2.05, 4.69) is 41.5 Å². The van der Waals surface area contributed by atoms with Crippen molar-refractivity contribution in [3.8, 4) is 27.7 Å². The molecule has 1 N–H and O–H groups in total. The highest BCUT2D eigenvalue weighted by Crippen LogP contribution is 2.32. The molecule has 0 radical (unpaired) electrons. The lowest BCUT2D eigenvalue weighted by atomic mass is 10.2. The Morgan fingerprint density at radius 2 is 1.54 bits per heavy atom. The zero-order chi connectivity index (χ0) is 17.9. The number of ether oxygens (including phenoxy) is 1. The lowest BCUT2D eigenvalue weighted by molar-refractivity contribution is 0.415. The number of nitrogens with one attached hydrogen (secondary N) is 1. The van der Waals surface area contributed by atoms with Crippen LogP contribution in [0.1, 0.15) is 5.56 Å². The Labute approximate surface area is 160 Å². The van der Waals surface area contributed by atoms with Gasteiger partial charge in [0.05, 0.1) is 7.11 Å². The first-order chi connectivity index (χ1) is 12.7. The molecular weight excluding hydrogens is 362 g/mol. The molecular formula is C20H17N3OS2. The molecule has 0 bridgehead atoms. The molecule has 0 unspecified atom stereocenters. The van der Waals surface area contributed by atoms with E-state index >= 15 is 0 Å². The Morgan fingerprint density at radius 1 is 0.846 bits per heavy atom. The molecule has 0 aliphatic heterocycles. The molecule has 2 aromatic heterocycles. The van der Waals surface area contributed by atoms with Crippen molar-refractivity contribution in [3.05, 3.63) is 64.9 Å². The summed E-state index contributed by atoms with van der Waals surface area (Å²) in [6.07, 6.45) is 0. The van der Waals surface area contributed by atoms with E-state index in [1.807, 2.05) is 35.0 Å². The number of benzene rings is 2. The van der Waals surface area contributed by atoms with E-state index in [-0.39, 0.29) is 0 Å². The van der Waals surface area contributed by atoms with Gasteiger partial charge < -0.3 is 10.1 Å². The van der Waals surface area contributed by atoms with Gasteiger partial charge in [0, 0.05) is 22.0 Å².